The van der Waals surface area contributed by atoms with E-state index in [1.165, 1.54) is 18.5 Å². The van der Waals surface area contributed by atoms with E-state index in [0.717, 1.165) is 11.1 Å². The highest BCUT2D eigenvalue weighted by atomic mass is 19.1. The van der Waals surface area contributed by atoms with Gasteiger partial charge in [-0.1, -0.05) is 0 Å². The van der Waals surface area contributed by atoms with Crippen LogP contribution in [0.15, 0.2) is 24.5 Å². The van der Waals surface area contributed by atoms with Crippen LogP contribution in [0.3, 0.4) is 0 Å². The van der Waals surface area contributed by atoms with Gasteiger partial charge in [0.2, 0.25) is 0 Å². The maximum Gasteiger partial charge on any atom is 0.163 e. The molecule has 0 atom stereocenters. The van der Waals surface area contributed by atoms with Crippen LogP contribution in [0.2, 0.25) is 0 Å². The van der Waals surface area contributed by atoms with Crippen LogP contribution in [0.4, 0.5) is 10.2 Å². The minimum absolute atomic E-state index is 0.272. The number of nitrogens with two attached hydrogens (primary N) is 1. The fraction of sp³-hybridized carbons (Fsp3) is 0.154. The third-order valence-corrected chi connectivity index (χ3v) is 3.09. The van der Waals surface area contributed by atoms with Crippen molar-refractivity contribution in [3.05, 3.63) is 35.9 Å². The van der Waals surface area contributed by atoms with E-state index in [2.05, 4.69) is 15.1 Å². The van der Waals surface area contributed by atoms with E-state index < -0.39 is 0 Å². The molecule has 0 aliphatic rings. The van der Waals surface area contributed by atoms with Crippen molar-refractivity contribution in [2.24, 2.45) is 7.05 Å². The van der Waals surface area contributed by atoms with Gasteiger partial charge in [-0.05, 0) is 30.7 Å². The Morgan fingerprint density at radius 3 is 2.79 bits per heavy atom. The highest BCUT2D eigenvalue weighted by Crippen LogP contribution is 2.31. The molecule has 0 aliphatic carbocycles. The highest BCUT2D eigenvalue weighted by Gasteiger charge is 2.16. The second kappa shape index (κ2) is 4.01. The molecule has 5 nitrogen and oxygen atoms in total. The summed E-state index contributed by atoms with van der Waals surface area (Å²) in [5.41, 5.74) is 8.86. The Balaban J connectivity index is 2.37. The number of fused-ring (bicyclic) bond motifs is 1. The van der Waals surface area contributed by atoms with Crippen LogP contribution in [0.25, 0.3) is 22.3 Å². The number of hydrogen-bond acceptors (Lipinski definition) is 4. The topological polar surface area (TPSA) is 69.6 Å². The predicted octanol–water partition coefficient (Wildman–Crippen LogP) is 2.06. The van der Waals surface area contributed by atoms with Gasteiger partial charge >= 0.3 is 0 Å². The van der Waals surface area contributed by atoms with E-state index in [4.69, 9.17) is 5.73 Å². The van der Waals surface area contributed by atoms with E-state index >= 15 is 0 Å². The fourth-order valence-corrected chi connectivity index (χ4v) is 2.19. The van der Waals surface area contributed by atoms with Crippen molar-refractivity contribution < 1.29 is 4.39 Å². The molecule has 2 aromatic heterocycles. The van der Waals surface area contributed by atoms with Gasteiger partial charge in [-0.3, -0.25) is 0 Å². The summed E-state index contributed by atoms with van der Waals surface area (Å²) in [6, 6.07) is 4.57. The standard InChI is InChI=1S/C13H12FN5/c1-7-5-8(14)3-4-9(7)11-10-12(15)16-6-17-13(10)19(2)18-11/h3-6H,1-2H3,(H2,15,16,17). The number of nitrogens with zero attached hydrogens (tertiary/aromatic N) is 4. The monoisotopic (exact) mass is 257 g/mol. The van der Waals surface area contributed by atoms with Crippen LogP contribution in [0.5, 0.6) is 0 Å². The molecule has 0 fully saturated rings. The predicted molar refractivity (Wildman–Crippen MR) is 70.8 cm³/mol. The van der Waals surface area contributed by atoms with Crippen molar-refractivity contribution in [3.8, 4) is 11.3 Å². The quantitative estimate of drug-likeness (QED) is 0.724. The first-order chi connectivity index (χ1) is 9.08. The number of hydrogen-bond donors (Lipinski definition) is 1. The van der Waals surface area contributed by atoms with Gasteiger partial charge in [-0.25, -0.2) is 19.0 Å². The third-order valence-electron chi connectivity index (χ3n) is 3.09. The Kier molecular flexibility index (Phi) is 2.45. The van der Waals surface area contributed by atoms with E-state index in [-0.39, 0.29) is 5.82 Å². The van der Waals surface area contributed by atoms with Gasteiger partial charge in [0.05, 0.1) is 5.39 Å². The van der Waals surface area contributed by atoms with Gasteiger partial charge in [0, 0.05) is 12.6 Å². The zero-order valence-electron chi connectivity index (χ0n) is 10.6. The molecular weight excluding hydrogens is 245 g/mol. The van der Waals surface area contributed by atoms with Crippen LogP contribution in [0, 0.1) is 12.7 Å². The number of rotatable bonds is 1. The molecule has 0 unspecified atom stereocenters. The van der Waals surface area contributed by atoms with E-state index in [0.29, 0.717) is 22.5 Å². The number of anilines is 1. The van der Waals surface area contributed by atoms with E-state index in [1.807, 2.05) is 6.92 Å². The van der Waals surface area contributed by atoms with Crippen molar-refractivity contribution in [2.45, 2.75) is 6.92 Å². The Labute approximate surface area is 108 Å². The van der Waals surface area contributed by atoms with Crippen molar-refractivity contribution in [2.75, 3.05) is 5.73 Å². The Bertz CT molecular complexity index is 778. The molecule has 0 aliphatic heterocycles. The zero-order valence-corrected chi connectivity index (χ0v) is 10.6. The molecular formula is C13H12FN5. The Morgan fingerprint density at radius 2 is 2.05 bits per heavy atom. The lowest BCUT2D eigenvalue weighted by Gasteiger charge is -2.03. The van der Waals surface area contributed by atoms with Gasteiger partial charge in [0.25, 0.3) is 0 Å². The van der Waals surface area contributed by atoms with Gasteiger partial charge in [0.1, 0.15) is 23.7 Å². The molecule has 0 amide bonds. The number of aromatic nitrogens is 4. The number of halogens is 1. The molecule has 0 saturated carbocycles. The minimum atomic E-state index is -0.272. The molecule has 0 radical (unpaired) electrons. The molecule has 6 heteroatoms. The summed E-state index contributed by atoms with van der Waals surface area (Å²) in [5.74, 6) is 0.0996. The minimum Gasteiger partial charge on any atom is -0.383 e. The molecule has 96 valence electrons. The lowest BCUT2D eigenvalue weighted by Crippen LogP contribution is -1.95. The molecule has 3 rings (SSSR count). The molecule has 0 spiro atoms. The van der Waals surface area contributed by atoms with Crippen molar-refractivity contribution in [1.82, 2.24) is 19.7 Å². The zero-order chi connectivity index (χ0) is 13.6. The molecule has 1 aromatic carbocycles. The fourth-order valence-electron chi connectivity index (χ4n) is 2.19. The van der Waals surface area contributed by atoms with Gasteiger partial charge in [-0.15, -0.1) is 0 Å². The average molecular weight is 257 g/mol. The second-order valence-electron chi connectivity index (χ2n) is 4.39. The molecule has 3 aromatic rings. The smallest absolute Gasteiger partial charge is 0.163 e. The molecule has 2 N–H and O–H groups in total. The first kappa shape index (κ1) is 11.6. The third kappa shape index (κ3) is 1.72. The van der Waals surface area contributed by atoms with Crippen LogP contribution < -0.4 is 5.73 Å². The average Bonchev–Trinajstić information content (AvgIpc) is 2.68. The van der Waals surface area contributed by atoms with Crippen LogP contribution >= 0.6 is 0 Å². The lowest BCUT2D eigenvalue weighted by molar-refractivity contribution is 0.627. The van der Waals surface area contributed by atoms with Gasteiger partial charge in [0.15, 0.2) is 5.65 Å². The van der Waals surface area contributed by atoms with Gasteiger partial charge in [-0.2, -0.15) is 5.10 Å². The summed E-state index contributed by atoms with van der Waals surface area (Å²) in [5, 5.41) is 5.12. The second-order valence-corrected chi connectivity index (χ2v) is 4.39. The molecule has 19 heavy (non-hydrogen) atoms. The first-order valence-electron chi connectivity index (χ1n) is 5.77. The highest BCUT2D eigenvalue weighted by molar-refractivity contribution is 5.98. The summed E-state index contributed by atoms with van der Waals surface area (Å²) >= 11 is 0. The number of benzene rings is 1. The summed E-state index contributed by atoms with van der Waals surface area (Å²) in [6.07, 6.45) is 1.40. The molecule has 0 saturated heterocycles. The molecule has 0 bridgehead atoms. The maximum absolute atomic E-state index is 13.2. The Morgan fingerprint density at radius 1 is 1.26 bits per heavy atom. The van der Waals surface area contributed by atoms with Gasteiger partial charge < -0.3 is 5.73 Å². The largest absolute Gasteiger partial charge is 0.383 e. The van der Waals surface area contributed by atoms with Crippen molar-refractivity contribution >= 4 is 16.9 Å². The summed E-state index contributed by atoms with van der Waals surface area (Å²) in [4.78, 5) is 8.16. The summed E-state index contributed by atoms with van der Waals surface area (Å²) < 4.78 is 14.8. The Hall–Kier alpha value is -2.50. The maximum atomic E-state index is 13.2. The summed E-state index contributed by atoms with van der Waals surface area (Å²) in [7, 11) is 1.79. The summed E-state index contributed by atoms with van der Waals surface area (Å²) in [6.45, 7) is 1.83. The number of aryl methyl sites for hydroxylation is 2. The van der Waals surface area contributed by atoms with Crippen LogP contribution in [0.1, 0.15) is 5.56 Å². The van der Waals surface area contributed by atoms with Crippen LogP contribution in [-0.2, 0) is 7.05 Å². The SMILES string of the molecule is Cc1cc(F)ccc1-c1nn(C)c2ncnc(N)c12. The normalized spacial score (nSPS) is 11.1. The van der Waals surface area contributed by atoms with Crippen molar-refractivity contribution in [3.63, 3.8) is 0 Å². The van der Waals surface area contributed by atoms with E-state index in [1.54, 1.807) is 17.8 Å². The lowest BCUT2D eigenvalue weighted by atomic mass is 10.0. The first-order valence-corrected chi connectivity index (χ1v) is 5.77. The van der Waals surface area contributed by atoms with E-state index in [9.17, 15) is 4.39 Å². The molecule has 2 heterocycles. The van der Waals surface area contributed by atoms with Crippen LogP contribution in [-0.4, -0.2) is 19.7 Å². The number of nitrogen functional groups attached to an aromatic ring is 1. The van der Waals surface area contributed by atoms with Crippen molar-refractivity contribution in [1.29, 1.82) is 0 Å².